The van der Waals surface area contributed by atoms with Gasteiger partial charge in [0.15, 0.2) is 11.6 Å². The first-order valence-corrected chi connectivity index (χ1v) is 16.1. The molecule has 0 fully saturated rings. The van der Waals surface area contributed by atoms with Gasteiger partial charge in [0.2, 0.25) is 0 Å². The van der Waals surface area contributed by atoms with Crippen LogP contribution in [0.3, 0.4) is 0 Å². The number of fused-ring (bicyclic) bond motifs is 1. The number of nitrogens with zero attached hydrogens (tertiary/aromatic N) is 1. The highest BCUT2D eigenvalue weighted by Gasteiger charge is 2.27. The highest BCUT2D eigenvalue weighted by atomic mass is 19.1. The van der Waals surface area contributed by atoms with E-state index in [9.17, 15) is 9.18 Å². The fourth-order valence-corrected chi connectivity index (χ4v) is 5.68. The van der Waals surface area contributed by atoms with Crippen LogP contribution >= 0.6 is 0 Å². The summed E-state index contributed by atoms with van der Waals surface area (Å²) in [6.45, 7) is 14.0. The molecule has 1 aliphatic rings. The smallest absolute Gasteiger partial charge is 0.310 e. The number of ether oxygens (including phenoxy) is 3. The van der Waals surface area contributed by atoms with Gasteiger partial charge in [0.05, 0.1) is 31.8 Å². The van der Waals surface area contributed by atoms with Crippen LogP contribution in [0.2, 0.25) is 0 Å². The Balaban J connectivity index is 0.000000930. The van der Waals surface area contributed by atoms with Crippen LogP contribution in [0.25, 0.3) is 22.3 Å². The van der Waals surface area contributed by atoms with Gasteiger partial charge in [-0.3, -0.25) is 9.78 Å². The van der Waals surface area contributed by atoms with Crippen LogP contribution in [0.5, 0.6) is 11.5 Å². The van der Waals surface area contributed by atoms with E-state index < -0.39 is 11.4 Å². The van der Waals surface area contributed by atoms with Crippen molar-refractivity contribution in [1.29, 1.82) is 0 Å². The number of pyridine rings is 1. The summed E-state index contributed by atoms with van der Waals surface area (Å²) in [7, 11) is 0. The molecule has 0 unspecified atom stereocenters. The Hall–Kier alpha value is -4.30. The Bertz CT molecular complexity index is 1690. The maximum atomic E-state index is 15.5. The summed E-state index contributed by atoms with van der Waals surface area (Å²) in [6.07, 6.45) is 2.21. The van der Waals surface area contributed by atoms with Gasteiger partial charge in [0.25, 0.3) is 0 Å². The van der Waals surface area contributed by atoms with Crippen molar-refractivity contribution in [3.63, 3.8) is 0 Å². The van der Waals surface area contributed by atoms with Gasteiger partial charge < -0.3 is 19.3 Å². The van der Waals surface area contributed by atoms with Crippen molar-refractivity contribution in [2.24, 2.45) is 0 Å². The number of hydrogen-bond acceptors (Lipinski definition) is 6. The third-order valence-electron chi connectivity index (χ3n) is 7.73. The van der Waals surface area contributed by atoms with Gasteiger partial charge in [-0.05, 0) is 125 Å². The van der Waals surface area contributed by atoms with E-state index in [1.165, 1.54) is 18.2 Å². The molecule has 0 radical (unpaired) electrons. The summed E-state index contributed by atoms with van der Waals surface area (Å²) >= 11 is 0. The van der Waals surface area contributed by atoms with Gasteiger partial charge in [-0.15, -0.1) is 0 Å². The third-order valence-corrected chi connectivity index (χ3v) is 7.73. The van der Waals surface area contributed by atoms with Gasteiger partial charge >= 0.3 is 5.97 Å². The molecule has 4 aromatic rings. The Labute approximate surface area is 276 Å². The number of aliphatic hydroxyl groups is 1. The second-order valence-electron chi connectivity index (χ2n) is 12.7. The number of halogens is 2. The van der Waals surface area contributed by atoms with Crippen molar-refractivity contribution in [2.75, 3.05) is 19.8 Å². The molecule has 6 nitrogen and oxygen atoms in total. The lowest BCUT2D eigenvalue weighted by atomic mass is 9.84. The lowest BCUT2D eigenvalue weighted by Gasteiger charge is -2.25. The minimum atomic E-state index is -0.500. The van der Waals surface area contributed by atoms with Crippen molar-refractivity contribution in [3.8, 4) is 33.8 Å². The van der Waals surface area contributed by atoms with Crippen LogP contribution in [-0.2, 0) is 28.8 Å². The van der Waals surface area contributed by atoms with Gasteiger partial charge in [0, 0.05) is 28.9 Å². The van der Waals surface area contributed by atoms with Crippen molar-refractivity contribution >= 4 is 5.97 Å². The second kappa shape index (κ2) is 15.5. The van der Waals surface area contributed by atoms with Crippen molar-refractivity contribution in [2.45, 2.75) is 79.8 Å². The van der Waals surface area contributed by atoms with Crippen LogP contribution in [0, 0.1) is 32.4 Å². The third kappa shape index (κ3) is 9.38. The summed E-state index contributed by atoms with van der Waals surface area (Å²) in [5.41, 5.74) is 7.69. The monoisotopic (exact) mass is 645 g/mol. The summed E-state index contributed by atoms with van der Waals surface area (Å²) < 4.78 is 45.7. The van der Waals surface area contributed by atoms with E-state index in [0.29, 0.717) is 42.4 Å². The number of aromatic nitrogens is 1. The standard InChI is InChI=1S/C35H35F2NO4.C4H10O/c1-5-40-32(39)20-30-22(3)38-23(4)33(34(30)29-19-31(37)35-28(21(29)2)7-6-17-42-35)25-10-14-27(15-11-25)41-18-16-24-8-12-26(36)13-9-24;1-4(2,3)5/h8-15,19H,5-7,16-18,20H2,1-4H3;5H,1-3H3. The molecular weight excluding hydrogens is 600 g/mol. The molecule has 3 aromatic carbocycles. The molecule has 0 atom stereocenters. The zero-order valence-electron chi connectivity index (χ0n) is 28.4. The van der Waals surface area contributed by atoms with E-state index in [-0.39, 0.29) is 24.8 Å². The van der Waals surface area contributed by atoms with E-state index in [1.807, 2.05) is 45.0 Å². The quantitative estimate of drug-likeness (QED) is 0.184. The maximum absolute atomic E-state index is 15.5. The first kappa shape index (κ1) is 35.6. The molecule has 47 heavy (non-hydrogen) atoms. The SMILES string of the molecule is CC(C)(C)O.CCOC(=O)Cc1c(C)nc(C)c(-c2ccc(OCCc3ccc(F)cc3)cc2)c1-c1cc(F)c2c(c1C)CCCO2. The number of rotatable bonds is 9. The highest BCUT2D eigenvalue weighted by molar-refractivity contribution is 5.91. The number of esters is 1. The summed E-state index contributed by atoms with van der Waals surface area (Å²) in [5.74, 6) is -0.0126. The minimum absolute atomic E-state index is 0.0223. The average Bonchev–Trinajstić information content (AvgIpc) is 3.01. The number of hydrogen-bond donors (Lipinski definition) is 1. The largest absolute Gasteiger partial charge is 0.493 e. The molecule has 1 aromatic heterocycles. The van der Waals surface area contributed by atoms with E-state index in [1.54, 1.807) is 39.8 Å². The Morgan fingerprint density at radius 2 is 1.64 bits per heavy atom. The topological polar surface area (TPSA) is 77.9 Å². The molecule has 1 N–H and O–H groups in total. The molecule has 0 amide bonds. The predicted octanol–water partition coefficient (Wildman–Crippen LogP) is 8.45. The van der Waals surface area contributed by atoms with Gasteiger partial charge in [-0.25, -0.2) is 8.78 Å². The minimum Gasteiger partial charge on any atom is -0.493 e. The first-order valence-electron chi connectivity index (χ1n) is 16.1. The molecular formula is C39H45F2NO5. The normalized spacial score (nSPS) is 12.4. The molecule has 1 aliphatic heterocycles. The molecule has 0 saturated heterocycles. The van der Waals surface area contributed by atoms with Crippen molar-refractivity contribution in [1.82, 2.24) is 4.98 Å². The fourth-order valence-electron chi connectivity index (χ4n) is 5.68. The van der Waals surface area contributed by atoms with E-state index in [4.69, 9.17) is 24.3 Å². The van der Waals surface area contributed by atoms with Crippen LogP contribution < -0.4 is 9.47 Å². The van der Waals surface area contributed by atoms with Gasteiger partial charge in [-0.1, -0.05) is 24.3 Å². The summed E-state index contributed by atoms with van der Waals surface area (Å²) in [6, 6.07) is 15.6. The van der Waals surface area contributed by atoms with E-state index >= 15 is 4.39 Å². The number of carbonyl (C=O) groups is 1. The molecule has 0 aliphatic carbocycles. The zero-order chi connectivity index (χ0) is 34.3. The van der Waals surface area contributed by atoms with Crippen LogP contribution in [0.15, 0.2) is 54.6 Å². The maximum Gasteiger partial charge on any atom is 0.310 e. The predicted molar refractivity (Wildman–Crippen MR) is 181 cm³/mol. The summed E-state index contributed by atoms with van der Waals surface area (Å²) in [5, 5.41) is 8.52. The van der Waals surface area contributed by atoms with Crippen molar-refractivity contribution in [3.05, 3.63) is 99.9 Å². The molecule has 8 heteroatoms. The van der Waals surface area contributed by atoms with Crippen LogP contribution in [0.1, 0.15) is 67.8 Å². The van der Waals surface area contributed by atoms with E-state index in [0.717, 1.165) is 57.5 Å². The molecule has 5 rings (SSSR count). The number of benzene rings is 3. The molecule has 250 valence electrons. The molecule has 0 bridgehead atoms. The van der Waals surface area contributed by atoms with Crippen LogP contribution in [-0.4, -0.2) is 41.5 Å². The molecule has 0 spiro atoms. The number of carbonyl (C=O) groups excluding carboxylic acids is 1. The summed E-state index contributed by atoms with van der Waals surface area (Å²) in [4.78, 5) is 17.6. The van der Waals surface area contributed by atoms with Crippen molar-refractivity contribution < 1.29 is 32.9 Å². The van der Waals surface area contributed by atoms with Crippen LogP contribution in [0.4, 0.5) is 8.78 Å². The molecule has 0 saturated carbocycles. The lowest BCUT2D eigenvalue weighted by Crippen LogP contribution is -2.14. The Kier molecular flexibility index (Phi) is 11.7. The fraction of sp³-hybridized carbons (Fsp3) is 0.385. The highest BCUT2D eigenvalue weighted by Crippen LogP contribution is 2.44. The van der Waals surface area contributed by atoms with E-state index in [2.05, 4.69) is 0 Å². The lowest BCUT2D eigenvalue weighted by molar-refractivity contribution is -0.142. The first-order chi connectivity index (χ1) is 22.3. The average molecular weight is 646 g/mol. The molecule has 2 heterocycles. The van der Waals surface area contributed by atoms with Gasteiger partial charge in [-0.2, -0.15) is 0 Å². The zero-order valence-corrected chi connectivity index (χ0v) is 28.4. The Morgan fingerprint density at radius 3 is 2.28 bits per heavy atom. The second-order valence-corrected chi connectivity index (χ2v) is 12.7. The number of aryl methyl sites for hydroxylation is 2. The van der Waals surface area contributed by atoms with Gasteiger partial charge in [0.1, 0.15) is 11.6 Å². The Morgan fingerprint density at radius 1 is 0.979 bits per heavy atom.